The summed E-state index contributed by atoms with van der Waals surface area (Å²) in [7, 11) is -3.66. The summed E-state index contributed by atoms with van der Waals surface area (Å²) in [6.45, 7) is 1.88. The largest absolute Gasteiger partial charge is 0.350 e. The van der Waals surface area contributed by atoms with Crippen LogP contribution >= 0.6 is 22.9 Å². The molecular weight excluding hydrogens is 402 g/mol. The number of hydrogen-bond acceptors (Lipinski definition) is 4. The average Bonchev–Trinajstić information content (AvgIpc) is 3.16. The van der Waals surface area contributed by atoms with Crippen molar-refractivity contribution < 1.29 is 13.2 Å². The Morgan fingerprint density at radius 2 is 1.85 bits per heavy atom. The maximum absolute atomic E-state index is 13.2. The molecule has 0 aliphatic rings. The van der Waals surface area contributed by atoms with Gasteiger partial charge in [-0.1, -0.05) is 41.4 Å². The third kappa shape index (κ3) is 4.58. The molecule has 140 valence electrons. The first kappa shape index (κ1) is 19.6. The Morgan fingerprint density at radius 1 is 1.11 bits per heavy atom. The molecule has 7 heteroatoms. The molecular formula is C20H18ClNO3S2. The van der Waals surface area contributed by atoms with Gasteiger partial charge in [0.05, 0.1) is 4.90 Å². The minimum Gasteiger partial charge on any atom is -0.350 e. The topological polar surface area (TPSA) is 63.2 Å². The second-order valence-corrected chi connectivity index (χ2v) is 9.63. The molecule has 3 aromatic rings. The molecule has 1 N–H and O–H groups in total. The summed E-state index contributed by atoms with van der Waals surface area (Å²) in [6.07, 6.45) is 0. The van der Waals surface area contributed by atoms with Crippen LogP contribution < -0.4 is 5.32 Å². The van der Waals surface area contributed by atoms with Gasteiger partial charge in [0.2, 0.25) is 0 Å². The summed E-state index contributed by atoms with van der Waals surface area (Å²) in [4.78, 5) is 13.3. The van der Waals surface area contributed by atoms with Gasteiger partial charge < -0.3 is 5.32 Å². The zero-order chi connectivity index (χ0) is 19.4. The SMILES string of the molecule is Cc1ccc(S(=O)(=O)C(CNC(=O)c2cccc(Cl)c2)c2cccs2)cc1. The first-order chi connectivity index (χ1) is 12.9. The number of sulfone groups is 1. The minimum absolute atomic E-state index is 0.0257. The molecule has 1 amide bonds. The third-order valence-corrected chi connectivity index (χ3v) is 7.59. The molecule has 0 saturated heterocycles. The quantitative estimate of drug-likeness (QED) is 0.632. The van der Waals surface area contributed by atoms with Crippen molar-refractivity contribution in [3.05, 3.63) is 87.1 Å². The van der Waals surface area contributed by atoms with Crippen molar-refractivity contribution in [3.63, 3.8) is 0 Å². The van der Waals surface area contributed by atoms with Crippen molar-refractivity contribution in [2.45, 2.75) is 17.1 Å². The van der Waals surface area contributed by atoms with Crippen molar-refractivity contribution in [1.29, 1.82) is 0 Å². The highest BCUT2D eigenvalue weighted by atomic mass is 35.5. The summed E-state index contributed by atoms with van der Waals surface area (Å²) >= 11 is 7.28. The Balaban J connectivity index is 1.86. The van der Waals surface area contributed by atoms with Gasteiger partial charge in [-0.2, -0.15) is 0 Å². The molecule has 0 aliphatic heterocycles. The number of rotatable bonds is 6. The predicted octanol–water partition coefficient (Wildman–Crippen LogP) is 4.65. The lowest BCUT2D eigenvalue weighted by molar-refractivity contribution is 0.0953. The number of aryl methyl sites for hydroxylation is 1. The standard InChI is InChI=1S/C20H18ClNO3S2/c1-14-7-9-17(10-8-14)27(24,25)19(18-6-3-11-26-18)13-22-20(23)15-4-2-5-16(21)12-15/h2-12,19H,13H2,1H3,(H,22,23). The van der Waals surface area contributed by atoms with E-state index in [2.05, 4.69) is 5.32 Å². The van der Waals surface area contributed by atoms with Crippen LogP contribution in [0.5, 0.6) is 0 Å². The van der Waals surface area contributed by atoms with Gasteiger partial charge in [0.1, 0.15) is 5.25 Å². The number of halogens is 1. The molecule has 0 saturated carbocycles. The van der Waals surface area contributed by atoms with Crippen molar-refractivity contribution in [2.24, 2.45) is 0 Å². The minimum atomic E-state index is -3.66. The zero-order valence-corrected chi connectivity index (χ0v) is 16.9. The summed E-state index contributed by atoms with van der Waals surface area (Å²) < 4.78 is 26.4. The number of amides is 1. The number of benzene rings is 2. The molecule has 0 aliphatic carbocycles. The first-order valence-electron chi connectivity index (χ1n) is 8.25. The van der Waals surface area contributed by atoms with Crippen LogP contribution in [0.3, 0.4) is 0 Å². The van der Waals surface area contributed by atoms with Gasteiger partial charge in [0, 0.05) is 22.0 Å². The van der Waals surface area contributed by atoms with Gasteiger partial charge in [-0.05, 0) is 48.7 Å². The molecule has 4 nitrogen and oxygen atoms in total. The van der Waals surface area contributed by atoms with E-state index in [-0.39, 0.29) is 17.3 Å². The van der Waals surface area contributed by atoms with Crippen LogP contribution in [0, 0.1) is 6.92 Å². The summed E-state index contributed by atoms with van der Waals surface area (Å²) in [6, 6.07) is 16.8. The fourth-order valence-electron chi connectivity index (χ4n) is 2.65. The van der Waals surface area contributed by atoms with Crippen LogP contribution in [0.25, 0.3) is 0 Å². The molecule has 0 spiro atoms. The second-order valence-electron chi connectivity index (χ2n) is 6.08. The van der Waals surface area contributed by atoms with Crippen molar-refractivity contribution in [3.8, 4) is 0 Å². The molecule has 1 unspecified atom stereocenters. The highest BCUT2D eigenvalue weighted by Gasteiger charge is 2.30. The molecule has 3 rings (SSSR count). The summed E-state index contributed by atoms with van der Waals surface area (Å²) in [5.41, 5.74) is 1.37. The van der Waals surface area contributed by atoms with E-state index in [1.54, 1.807) is 60.7 Å². The molecule has 27 heavy (non-hydrogen) atoms. The van der Waals surface area contributed by atoms with Gasteiger partial charge >= 0.3 is 0 Å². The van der Waals surface area contributed by atoms with Crippen LogP contribution in [0.2, 0.25) is 5.02 Å². The van der Waals surface area contributed by atoms with Gasteiger partial charge in [-0.15, -0.1) is 11.3 Å². The van der Waals surface area contributed by atoms with Gasteiger partial charge in [-0.25, -0.2) is 8.42 Å². The maximum atomic E-state index is 13.2. The van der Waals surface area contributed by atoms with Crippen LogP contribution in [0.15, 0.2) is 70.9 Å². The Hall–Kier alpha value is -2.15. The van der Waals surface area contributed by atoms with E-state index < -0.39 is 15.1 Å². The highest BCUT2D eigenvalue weighted by Crippen LogP contribution is 2.31. The number of nitrogens with one attached hydrogen (secondary N) is 1. The normalized spacial score (nSPS) is 12.5. The van der Waals surface area contributed by atoms with Crippen molar-refractivity contribution in [1.82, 2.24) is 5.32 Å². The van der Waals surface area contributed by atoms with Crippen LogP contribution in [0.4, 0.5) is 0 Å². The molecule has 0 radical (unpaired) electrons. The Bertz CT molecular complexity index is 1030. The molecule has 2 aromatic carbocycles. The third-order valence-electron chi connectivity index (χ3n) is 4.12. The lowest BCUT2D eigenvalue weighted by Gasteiger charge is -2.17. The van der Waals surface area contributed by atoms with Gasteiger partial charge in [-0.3, -0.25) is 4.79 Å². The van der Waals surface area contributed by atoms with E-state index in [0.717, 1.165) is 5.56 Å². The van der Waals surface area contributed by atoms with E-state index in [1.165, 1.54) is 11.3 Å². The van der Waals surface area contributed by atoms with Crippen LogP contribution in [-0.4, -0.2) is 20.9 Å². The van der Waals surface area contributed by atoms with Crippen molar-refractivity contribution >= 4 is 38.7 Å². The molecule has 1 atom stereocenters. The molecule has 0 bridgehead atoms. The first-order valence-corrected chi connectivity index (χ1v) is 11.1. The van der Waals surface area contributed by atoms with Crippen LogP contribution in [0.1, 0.15) is 26.0 Å². The van der Waals surface area contributed by atoms with Gasteiger partial charge in [0.15, 0.2) is 9.84 Å². The Kier molecular flexibility index (Phi) is 5.99. The van der Waals surface area contributed by atoms with E-state index >= 15 is 0 Å². The maximum Gasteiger partial charge on any atom is 0.251 e. The second kappa shape index (κ2) is 8.25. The van der Waals surface area contributed by atoms with E-state index in [0.29, 0.717) is 15.5 Å². The van der Waals surface area contributed by atoms with E-state index in [1.807, 2.05) is 12.3 Å². The average molecular weight is 420 g/mol. The number of thiophene rings is 1. The Labute approximate surface area is 167 Å². The lowest BCUT2D eigenvalue weighted by Crippen LogP contribution is -2.31. The smallest absolute Gasteiger partial charge is 0.251 e. The van der Waals surface area contributed by atoms with Crippen LogP contribution in [-0.2, 0) is 9.84 Å². The fraction of sp³-hybridized carbons (Fsp3) is 0.150. The fourth-order valence-corrected chi connectivity index (χ4v) is 5.62. The number of carbonyl (C=O) groups is 1. The Morgan fingerprint density at radius 3 is 2.48 bits per heavy atom. The monoisotopic (exact) mass is 419 g/mol. The van der Waals surface area contributed by atoms with E-state index in [4.69, 9.17) is 11.6 Å². The molecule has 1 heterocycles. The predicted molar refractivity (Wildman–Crippen MR) is 109 cm³/mol. The summed E-state index contributed by atoms with van der Waals surface area (Å²) in [5.74, 6) is -0.363. The van der Waals surface area contributed by atoms with Gasteiger partial charge in [0.25, 0.3) is 5.91 Å². The van der Waals surface area contributed by atoms with Crippen molar-refractivity contribution in [2.75, 3.05) is 6.54 Å². The molecule has 1 aromatic heterocycles. The lowest BCUT2D eigenvalue weighted by atomic mass is 10.2. The number of carbonyl (C=O) groups excluding carboxylic acids is 1. The zero-order valence-electron chi connectivity index (χ0n) is 14.6. The number of hydrogen-bond donors (Lipinski definition) is 1. The summed E-state index contributed by atoms with van der Waals surface area (Å²) in [5, 5.41) is 4.15. The highest BCUT2D eigenvalue weighted by molar-refractivity contribution is 7.91. The van der Waals surface area contributed by atoms with E-state index in [9.17, 15) is 13.2 Å². The molecule has 0 fully saturated rings.